The molecule has 0 bridgehead atoms. The third-order valence-corrected chi connectivity index (χ3v) is 8.70. The number of thioether (sulfide) groups is 1. The van der Waals surface area contributed by atoms with Crippen LogP contribution >= 0.6 is 22.4 Å². The van der Waals surface area contributed by atoms with Gasteiger partial charge < -0.3 is 5.32 Å². The minimum absolute atomic E-state index is 0.0934. The Kier molecular flexibility index (Phi) is 7.88. The van der Waals surface area contributed by atoms with Crippen LogP contribution in [-0.2, 0) is 8.98 Å². The third kappa shape index (κ3) is 4.53. The highest BCUT2D eigenvalue weighted by atomic mass is 32.3. The van der Waals surface area contributed by atoms with E-state index >= 15 is 0 Å². The summed E-state index contributed by atoms with van der Waals surface area (Å²) in [6, 6.07) is 0. The number of amides is 1. The lowest BCUT2D eigenvalue weighted by Crippen LogP contribution is -2.50. The Bertz CT molecular complexity index is 333. The summed E-state index contributed by atoms with van der Waals surface area (Å²) in [4.78, 5) is 12.5. The van der Waals surface area contributed by atoms with E-state index in [4.69, 9.17) is 4.18 Å². The van der Waals surface area contributed by atoms with Gasteiger partial charge in [-0.3, -0.25) is 13.5 Å². The van der Waals surface area contributed by atoms with Crippen LogP contribution < -0.4 is 5.32 Å². The summed E-state index contributed by atoms with van der Waals surface area (Å²) in [6.45, 7) is 6.39. The van der Waals surface area contributed by atoms with E-state index in [2.05, 4.69) is 12.2 Å². The van der Waals surface area contributed by atoms with Gasteiger partial charge in [-0.2, -0.15) is 22.4 Å². The minimum atomic E-state index is -2.42. The molecule has 0 radical (unpaired) electrons. The molecule has 1 amide bonds. The summed E-state index contributed by atoms with van der Waals surface area (Å²) in [5.74, 6) is 1.86. The van der Waals surface area contributed by atoms with E-state index in [1.807, 2.05) is 13.8 Å². The Balaban J connectivity index is 2.72. The summed E-state index contributed by atoms with van der Waals surface area (Å²) < 4.78 is 15.8. The molecule has 0 aromatic heterocycles. The molecule has 21 heavy (non-hydrogen) atoms. The Morgan fingerprint density at radius 3 is 2.52 bits per heavy atom. The maximum atomic E-state index is 12.5. The van der Waals surface area contributed by atoms with Crippen LogP contribution in [0.5, 0.6) is 0 Å². The van der Waals surface area contributed by atoms with Crippen LogP contribution in [0.15, 0.2) is 0 Å². The predicted molar refractivity (Wildman–Crippen MR) is 94.2 cm³/mol. The molecule has 1 atom stereocenters. The molecule has 6 heteroatoms. The topological polar surface area (TPSA) is 58.6 Å². The monoisotopic (exact) mass is 337 g/mol. The van der Waals surface area contributed by atoms with Crippen molar-refractivity contribution in [1.82, 2.24) is 5.32 Å². The van der Waals surface area contributed by atoms with Crippen molar-refractivity contribution in [3.63, 3.8) is 0 Å². The average Bonchev–Trinajstić information content (AvgIpc) is 2.51. The van der Waals surface area contributed by atoms with Crippen LogP contribution in [0.1, 0.15) is 52.9 Å². The van der Waals surface area contributed by atoms with Crippen LogP contribution in [0.25, 0.3) is 0 Å². The molecule has 1 aliphatic rings. The molecular formula is C15H31NO3S2. The minimum Gasteiger partial charge on any atom is -0.353 e. The zero-order chi connectivity index (χ0) is 15.9. The van der Waals surface area contributed by atoms with E-state index < -0.39 is 15.3 Å². The fraction of sp³-hybridized carbons (Fsp3) is 0.933. The molecule has 1 rings (SSSR count). The SMILES string of the molecule is CCSCCNC(=O)C(C)(C)S(O)(OC)C1CCCCC1. The van der Waals surface area contributed by atoms with Crippen molar-refractivity contribution in [3.8, 4) is 0 Å². The van der Waals surface area contributed by atoms with Gasteiger partial charge in [0.25, 0.3) is 0 Å². The molecule has 1 aliphatic carbocycles. The molecule has 0 aromatic carbocycles. The highest BCUT2D eigenvalue weighted by Crippen LogP contribution is 2.63. The van der Waals surface area contributed by atoms with Crippen molar-refractivity contribution < 1.29 is 13.5 Å². The maximum absolute atomic E-state index is 12.5. The number of hydrogen-bond donors (Lipinski definition) is 2. The van der Waals surface area contributed by atoms with Gasteiger partial charge in [-0.05, 0) is 32.4 Å². The highest BCUT2D eigenvalue weighted by Gasteiger charge is 2.47. The fourth-order valence-electron chi connectivity index (χ4n) is 2.87. The number of hydrogen-bond acceptors (Lipinski definition) is 4. The van der Waals surface area contributed by atoms with Gasteiger partial charge in [0.1, 0.15) is 4.75 Å². The van der Waals surface area contributed by atoms with Crippen molar-refractivity contribution in [3.05, 3.63) is 0 Å². The van der Waals surface area contributed by atoms with E-state index in [9.17, 15) is 9.35 Å². The molecule has 4 nitrogen and oxygen atoms in total. The number of rotatable bonds is 8. The summed E-state index contributed by atoms with van der Waals surface area (Å²) in [5, 5.41) is 3.07. The van der Waals surface area contributed by atoms with Crippen molar-refractivity contribution >= 4 is 28.3 Å². The summed E-state index contributed by atoms with van der Waals surface area (Å²) in [5.41, 5.74) is 0. The Hall–Kier alpha value is 0.0900. The van der Waals surface area contributed by atoms with Crippen molar-refractivity contribution in [2.45, 2.75) is 62.9 Å². The number of carbonyl (C=O) groups excluding carboxylic acids is 1. The van der Waals surface area contributed by atoms with Crippen molar-refractivity contribution in [2.24, 2.45) is 0 Å². The van der Waals surface area contributed by atoms with Crippen LogP contribution in [0, 0.1) is 0 Å². The molecule has 0 aliphatic heterocycles. The van der Waals surface area contributed by atoms with Gasteiger partial charge in [0.15, 0.2) is 0 Å². The first-order valence-electron chi connectivity index (χ1n) is 7.86. The average molecular weight is 338 g/mol. The van der Waals surface area contributed by atoms with Crippen molar-refractivity contribution in [1.29, 1.82) is 0 Å². The van der Waals surface area contributed by atoms with Crippen LogP contribution in [-0.4, -0.2) is 45.6 Å². The van der Waals surface area contributed by atoms with E-state index in [1.165, 1.54) is 6.42 Å². The Labute approximate surface area is 135 Å². The molecule has 0 aromatic rings. The normalized spacial score (nSPS) is 21.6. The second-order valence-electron chi connectivity index (χ2n) is 5.96. The molecule has 0 spiro atoms. The first-order valence-corrected chi connectivity index (χ1v) is 10.6. The van der Waals surface area contributed by atoms with E-state index in [0.29, 0.717) is 6.54 Å². The molecule has 1 unspecified atom stereocenters. The highest BCUT2D eigenvalue weighted by molar-refractivity contribution is 8.27. The summed E-state index contributed by atoms with van der Waals surface area (Å²) >= 11 is 1.80. The van der Waals surface area contributed by atoms with Gasteiger partial charge >= 0.3 is 0 Å². The second kappa shape index (κ2) is 8.65. The van der Waals surface area contributed by atoms with Crippen LogP contribution in [0.2, 0.25) is 0 Å². The zero-order valence-corrected chi connectivity index (χ0v) is 15.4. The molecule has 2 N–H and O–H groups in total. The molecule has 126 valence electrons. The van der Waals surface area contributed by atoms with Gasteiger partial charge in [-0.15, -0.1) is 0 Å². The fourth-order valence-corrected chi connectivity index (χ4v) is 6.24. The van der Waals surface area contributed by atoms with Gasteiger partial charge in [0, 0.05) is 17.5 Å². The van der Waals surface area contributed by atoms with E-state index in [0.717, 1.165) is 37.2 Å². The van der Waals surface area contributed by atoms with Crippen molar-refractivity contribution in [2.75, 3.05) is 25.2 Å². The largest absolute Gasteiger partial charge is 0.353 e. The standard InChI is InChI=1S/C15H31NO3S2/c1-5-20-12-11-16-14(17)15(2,3)21(18,19-4)13-9-7-6-8-10-13/h13,18H,5-12H2,1-4H3,(H,16,17). The lowest BCUT2D eigenvalue weighted by Gasteiger charge is -2.54. The predicted octanol–water partition coefficient (Wildman–Crippen LogP) is 3.81. The smallest absolute Gasteiger partial charge is 0.244 e. The maximum Gasteiger partial charge on any atom is 0.244 e. The van der Waals surface area contributed by atoms with Gasteiger partial charge in [0.05, 0.1) is 7.11 Å². The van der Waals surface area contributed by atoms with Gasteiger partial charge in [-0.1, -0.05) is 26.2 Å². The quantitative estimate of drug-likeness (QED) is 0.661. The van der Waals surface area contributed by atoms with Gasteiger partial charge in [-0.25, -0.2) is 0 Å². The summed E-state index contributed by atoms with van der Waals surface area (Å²) in [7, 11) is -0.870. The van der Waals surface area contributed by atoms with E-state index in [1.54, 1.807) is 18.9 Å². The number of nitrogens with one attached hydrogen (secondary N) is 1. The lowest BCUT2D eigenvalue weighted by molar-refractivity contribution is -0.122. The lowest BCUT2D eigenvalue weighted by atomic mass is 10.0. The first kappa shape index (κ1) is 19.1. The molecule has 0 heterocycles. The molecular weight excluding hydrogens is 306 g/mol. The van der Waals surface area contributed by atoms with Gasteiger partial charge in [0.2, 0.25) is 5.91 Å². The third-order valence-electron chi connectivity index (χ3n) is 4.27. The zero-order valence-electron chi connectivity index (χ0n) is 13.8. The summed E-state index contributed by atoms with van der Waals surface area (Å²) in [6.07, 6.45) is 5.38. The molecule has 0 saturated heterocycles. The second-order valence-corrected chi connectivity index (χ2v) is 10.5. The molecule has 1 saturated carbocycles. The first-order chi connectivity index (χ1) is 9.90. The Morgan fingerprint density at radius 2 is 2.00 bits per heavy atom. The van der Waals surface area contributed by atoms with E-state index in [-0.39, 0.29) is 11.2 Å². The van der Waals surface area contributed by atoms with Crippen LogP contribution in [0.3, 0.4) is 0 Å². The molecule has 1 fully saturated rings. The Morgan fingerprint density at radius 1 is 1.38 bits per heavy atom. The number of carbonyl (C=O) groups is 1. The van der Waals surface area contributed by atoms with Crippen LogP contribution in [0.4, 0.5) is 0 Å².